The van der Waals surface area contributed by atoms with Crippen LogP contribution in [0.5, 0.6) is 11.5 Å². The molecule has 2 aromatic rings. The highest BCUT2D eigenvalue weighted by Crippen LogP contribution is 2.21. The first-order chi connectivity index (χ1) is 15.3. The zero-order chi connectivity index (χ0) is 23.1. The molecule has 0 radical (unpaired) electrons. The molecule has 3 rings (SSSR count). The number of sulfonamides is 1. The number of nitrogens with two attached hydrogens (primary N) is 1. The van der Waals surface area contributed by atoms with E-state index in [1.165, 1.54) is 18.3 Å². The number of hydrogen-bond acceptors (Lipinski definition) is 8. The number of rotatable bonds is 9. The molecule has 0 bridgehead atoms. The summed E-state index contributed by atoms with van der Waals surface area (Å²) in [5.41, 5.74) is 6.35. The van der Waals surface area contributed by atoms with Gasteiger partial charge < -0.3 is 19.9 Å². The van der Waals surface area contributed by atoms with E-state index < -0.39 is 22.1 Å². The van der Waals surface area contributed by atoms with Crippen LogP contribution in [0.25, 0.3) is 0 Å². The first kappa shape index (κ1) is 23.8. The van der Waals surface area contributed by atoms with Crippen molar-refractivity contribution in [1.29, 1.82) is 0 Å². The maximum absolute atomic E-state index is 12.9. The highest BCUT2D eigenvalue weighted by molar-refractivity contribution is 7.89. The number of benzene rings is 2. The fourth-order valence-electron chi connectivity index (χ4n) is 3.49. The summed E-state index contributed by atoms with van der Waals surface area (Å²) in [4.78, 5) is 13.8. The Morgan fingerprint density at radius 3 is 2.34 bits per heavy atom. The first-order valence-electron chi connectivity index (χ1n) is 10.3. The Labute approximate surface area is 188 Å². The van der Waals surface area contributed by atoms with Gasteiger partial charge in [-0.1, -0.05) is 6.07 Å². The van der Waals surface area contributed by atoms with E-state index in [0.29, 0.717) is 49.9 Å². The van der Waals surface area contributed by atoms with Crippen molar-refractivity contribution in [3.63, 3.8) is 0 Å². The van der Waals surface area contributed by atoms with Crippen molar-refractivity contribution in [2.45, 2.75) is 17.9 Å². The lowest BCUT2D eigenvalue weighted by Gasteiger charge is -2.35. The Hall–Kier alpha value is -2.82. The van der Waals surface area contributed by atoms with Crippen LogP contribution >= 0.6 is 0 Å². The summed E-state index contributed by atoms with van der Waals surface area (Å²) in [7, 11) is -2.05. The molecular formula is C22H29N3O6S. The van der Waals surface area contributed by atoms with Crippen molar-refractivity contribution in [1.82, 2.24) is 9.21 Å². The van der Waals surface area contributed by atoms with Crippen molar-refractivity contribution < 1.29 is 27.4 Å². The first-order valence-corrected chi connectivity index (χ1v) is 11.7. The van der Waals surface area contributed by atoms with Crippen molar-refractivity contribution in [3.8, 4) is 11.5 Å². The van der Waals surface area contributed by atoms with Crippen molar-refractivity contribution in [3.05, 3.63) is 48.5 Å². The minimum Gasteiger partial charge on any atom is -0.497 e. The number of anilines is 1. The van der Waals surface area contributed by atoms with Gasteiger partial charge in [-0.2, -0.15) is 4.31 Å². The minimum absolute atomic E-state index is 0.174. The molecule has 1 saturated heterocycles. The lowest BCUT2D eigenvalue weighted by molar-refractivity contribution is -0.149. The second-order valence-electron chi connectivity index (χ2n) is 7.50. The van der Waals surface area contributed by atoms with Crippen LogP contribution < -0.4 is 15.2 Å². The maximum Gasteiger partial charge on any atom is 0.303 e. The molecule has 0 amide bonds. The van der Waals surface area contributed by atoms with E-state index in [9.17, 15) is 13.2 Å². The van der Waals surface area contributed by atoms with E-state index in [2.05, 4.69) is 4.90 Å². The molecule has 0 saturated carbocycles. The third-order valence-electron chi connectivity index (χ3n) is 5.12. The lowest BCUT2D eigenvalue weighted by Crippen LogP contribution is -2.51. The minimum atomic E-state index is -3.58. The third kappa shape index (κ3) is 6.35. The average molecular weight is 464 g/mol. The van der Waals surface area contributed by atoms with E-state index in [0.717, 1.165) is 0 Å². The Kier molecular flexibility index (Phi) is 7.94. The van der Waals surface area contributed by atoms with Gasteiger partial charge in [0.1, 0.15) is 24.2 Å². The molecule has 1 aliphatic rings. The van der Waals surface area contributed by atoms with Crippen molar-refractivity contribution in [2.75, 3.05) is 52.2 Å². The monoisotopic (exact) mass is 463 g/mol. The van der Waals surface area contributed by atoms with Crippen LogP contribution in [0.1, 0.15) is 6.92 Å². The van der Waals surface area contributed by atoms with Crippen LogP contribution in [0, 0.1) is 0 Å². The van der Waals surface area contributed by atoms with E-state index in [1.54, 1.807) is 48.5 Å². The molecule has 10 heteroatoms. The van der Waals surface area contributed by atoms with Crippen LogP contribution in [0.4, 0.5) is 5.69 Å². The number of nitrogen functional groups attached to an aromatic ring is 1. The SMILES string of the molecule is COc1ccc(S(=O)(=O)N2CCN(CC(COc3cccc(N)c3)OC(C)=O)CC2)cc1. The molecule has 0 aromatic heterocycles. The van der Waals surface area contributed by atoms with Gasteiger partial charge in [0.15, 0.2) is 0 Å². The zero-order valence-corrected chi connectivity index (χ0v) is 19.1. The molecule has 1 fully saturated rings. The zero-order valence-electron chi connectivity index (χ0n) is 18.3. The number of methoxy groups -OCH3 is 1. The highest BCUT2D eigenvalue weighted by atomic mass is 32.2. The van der Waals surface area contributed by atoms with Gasteiger partial charge in [0.25, 0.3) is 0 Å². The second kappa shape index (κ2) is 10.7. The standard InChI is InChI=1S/C22H29N3O6S/c1-17(26)31-21(16-30-20-5-3-4-18(23)14-20)15-24-10-12-25(13-11-24)32(27,28)22-8-6-19(29-2)7-9-22/h3-9,14,21H,10-13,15-16,23H2,1-2H3. The van der Waals surface area contributed by atoms with Gasteiger partial charge in [-0.3, -0.25) is 9.69 Å². The summed E-state index contributed by atoms with van der Waals surface area (Å²) in [6, 6.07) is 13.4. The third-order valence-corrected chi connectivity index (χ3v) is 7.03. The number of piperazine rings is 1. The number of carbonyl (C=O) groups is 1. The Balaban J connectivity index is 1.56. The molecular weight excluding hydrogens is 434 g/mol. The molecule has 174 valence electrons. The van der Waals surface area contributed by atoms with Gasteiger partial charge in [0, 0.05) is 51.4 Å². The normalized spacial score (nSPS) is 16.3. The molecule has 32 heavy (non-hydrogen) atoms. The van der Waals surface area contributed by atoms with E-state index in [-0.39, 0.29) is 11.5 Å². The number of ether oxygens (including phenoxy) is 3. The number of hydrogen-bond donors (Lipinski definition) is 1. The summed E-state index contributed by atoms with van der Waals surface area (Å²) in [5, 5.41) is 0. The van der Waals surface area contributed by atoms with E-state index in [4.69, 9.17) is 19.9 Å². The fourth-order valence-corrected chi connectivity index (χ4v) is 4.91. The predicted molar refractivity (Wildman–Crippen MR) is 120 cm³/mol. The topological polar surface area (TPSA) is 111 Å². The number of nitrogens with zero attached hydrogens (tertiary/aromatic N) is 2. The average Bonchev–Trinajstić information content (AvgIpc) is 2.77. The number of esters is 1. The smallest absolute Gasteiger partial charge is 0.303 e. The molecule has 2 aromatic carbocycles. The molecule has 1 atom stereocenters. The highest BCUT2D eigenvalue weighted by Gasteiger charge is 2.30. The maximum atomic E-state index is 12.9. The van der Waals surface area contributed by atoms with Crippen LogP contribution in [0.2, 0.25) is 0 Å². The lowest BCUT2D eigenvalue weighted by atomic mass is 10.3. The molecule has 0 spiro atoms. The molecule has 1 heterocycles. The van der Waals surface area contributed by atoms with Crippen LogP contribution in [-0.4, -0.2) is 76.1 Å². The number of carbonyl (C=O) groups excluding carboxylic acids is 1. The van der Waals surface area contributed by atoms with Crippen LogP contribution in [-0.2, 0) is 19.6 Å². The van der Waals surface area contributed by atoms with Gasteiger partial charge in [0.2, 0.25) is 10.0 Å². The summed E-state index contributed by atoms with van der Waals surface area (Å²) in [5.74, 6) is 0.801. The van der Waals surface area contributed by atoms with E-state index >= 15 is 0 Å². The Morgan fingerprint density at radius 1 is 1.06 bits per heavy atom. The van der Waals surface area contributed by atoms with E-state index in [1.807, 2.05) is 0 Å². The van der Waals surface area contributed by atoms with Crippen LogP contribution in [0.15, 0.2) is 53.4 Å². The molecule has 0 aliphatic carbocycles. The van der Waals surface area contributed by atoms with Crippen LogP contribution in [0.3, 0.4) is 0 Å². The summed E-state index contributed by atoms with van der Waals surface area (Å²) < 4.78 is 43.5. The molecule has 1 aliphatic heterocycles. The largest absolute Gasteiger partial charge is 0.497 e. The summed E-state index contributed by atoms with van der Waals surface area (Å²) >= 11 is 0. The Morgan fingerprint density at radius 2 is 1.75 bits per heavy atom. The van der Waals surface area contributed by atoms with Gasteiger partial charge >= 0.3 is 5.97 Å². The van der Waals surface area contributed by atoms with Gasteiger partial charge in [-0.05, 0) is 36.4 Å². The van der Waals surface area contributed by atoms with Crippen molar-refractivity contribution in [2.24, 2.45) is 0 Å². The van der Waals surface area contributed by atoms with Gasteiger partial charge in [-0.15, -0.1) is 0 Å². The predicted octanol–water partition coefficient (Wildman–Crippen LogP) is 1.59. The Bertz CT molecular complexity index is 1000. The second-order valence-corrected chi connectivity index (χ2v) is 9.43. The molecule has 9 nitrogen and oxygen atoms in total. The summed E-state index contributed by atoms with van der Waals surface area (Å²) in [6.07, 6.45) is -0.487. The van der Waals surface area contributed by atoms with Crippen molar-refractivity contribution >= 4 is 21.7 Å². The molecule has 1 unspecified atom stereocenters. The quantitative estimate of drug-likeness (QED) is 0.441. The van der Waals surface area contributed by atoms with Gasteiger partial charge in [0.05, 0.1) is 12.0 Å². The van der Waals surface area contributed by atoms with Gasteiger partial charge in [-0.25, -0.2) is 8.42 Å². The molecule has 2 N–H and O–H groups in total. The fraction of sp³-hybridized carbons (Fsp3) is 0.409. The summed E-state index contributed by atoms with van der Waals surface area (Å²) in [6.45, 7) is 3.70.